The third-order valence-electron chi connectivity index (χ3n) is 5.83. The van der Waals surface area contributed by atoms with E-state index in [0.717, 1.165) is 37.1 Å². The van der Waals surface area contributed by atoms with Crippen molar-refractivity contribution in [2.45, 2.75) is 105 Å². The van der Waals surface area contributed by atoms with Crippen molar-refractivity contribution in [2.75, 3.05) is 11.5 Å². The number of anilines is 2. The van der Waals surface area contributed by atoms with Crippen molar-refractivity contribution in [1.82, 2.24) is 0 Å². The lowest BCUT2D eigenvalue weighted by Crippen LogP contribution is -1.96. The average molecular weight is 411 g/mol. The van der Waals surface area contributed by atoms with Crippen LogP contribution in [0, 0.1) is 0 Å². The molecule has 4 N–H and O–H groups in total. The largest absolute Gasteiger partial charge is 0.399 e. The van der Waals surface area contributed by atoms with E-state index >= 15 is 0 Å². The van der Waals surface area contributed by atoms with Gasteiger partial charge in [-0.25, -0.2) is 0 Å². The maximum Gasteiger partial charge on any atom is 0.0349 e. The zero-order chi connectivity index (χ0) is 22.2. The monoisotopic (exact) mass is 410 g/mol. The highest BCUT2D eigenvalue weighted by Gasteiger charge is 2.01. The van der Waals surface area contributed by atoms with Crippen LogP contribution in [0.5, 0.6) is 0 Å². The van der Waals surface area contributed by atoms with Gasteiger partial charge in [-0.3, -0.25) is 0 Å². The van der Waals surface area contributed by atoms with Crippen LogP contribution in [0.25, 0.3) is 0 Å². The molecule has 0 aliphatic carbocycles. The van der Waals surface area contributed by atoms with E-state index in [1.165, 1.54) is 73.6 Å². The molecule has 2 aromatic carbocycles. The summed E-state index contributed by atoms with van der Waals surface area (Å²) in [6.45, 7) is 8.83. The minimum atomic E-state index is 0.962. The first-order valence-corrected chi connectivity index (χ1v) is 12.3. The molecule has 0 saturated carbocycles. The summed E-state index contributed by atoms with van der Waals surface area (Å²) >= 11 is 0. The Bertz CT molecular complexity index is 706. The number of hydrogen-bond donors (Lipinski definition) is 2. The predicted octanol–water partition coefficient (Wildman–Crippen LogP) is 7.91. The number of aryl methyl sites for hydroxylation is 4. The zero-order valence-electron chi connectivity index (χ0n) is 20.1. The quantitative estimate of drug-likeness (QED) is 0.276. The van der Waals surface area contributed by atoms with E-state index in [1.807, 2.05) is 6.07 Å². The summed E-state index contributed by atoms with van der Waals surface area (Å²) in [6.07, 6.45) is 14.9. The summed E-state index contributed by atoms with van der Waals surface area (Å²) < 4.78 is 0. The molecule has 0 heterocycles. The number of unbranched alkanes of at least 4 members (excludes halogenated alkanes) is 6. The molecular formula is C28H46N2. The fourth-order valence-corrected chi connectivity index (χ4v) is 3.67. The molecule has 2 aromatic rings. The summed E-state index contributed by atoms with van der Waals surface area (Å²) in [5.74, 6) is 0. The van der Waals surface area contributed by atoms with Crippen molar-refractivity contribution in [1.29, 1.82) is 0 Å². The number of nitrogens with two attached hydrogens (primary N) is 2. The third-order valence-corrected chi connectivity index (χ3v) is 5.83. The van der Waals surface area contributed by atoms with Gasteiger partial charge >= 0.3 is 0 Å². The lowest BCUT2D eigenvalue weighted by atomic mass is 10.0. The SMILES string of the molecule is CCCCCCc1cc(CC)ccc1N.CCCCCCc1ccc(CC)cc1N. The van der Waals surface area contributed by atoms with Gasteiger partial charge in [-0.05, 0) is 72.9 Å². The minimum absolute atomic E-state index is 0.962. The third kappa shape index (κ3) is 10.2. The van der Waals surface area contributed by atoms with Gasteiger partial charge < -0.3 is 11.5 Å². The molecule has 30 heavy (non-hydrogen) atoms. The Kier molecular flexibility index (Phi) is 13.8. The van der Waals surface area contributed by atoms with Crippen molar-refractivity contribution in [2.24, 2.45) is 0 Å². The number of nitrogen functional groups attached to an aromatic ring is 2. The van der Waals surface area contributed by atoms with Crippen molar-refractivity contribution in [3.8, 4) is 0 Å². The number of hydrogen-bond acceptors (Lipinski definition) is 2. The molecule has 2 heteroatoms. The van der Waals surface area contributed by atoms with Gasteiger partial charge in [0.05, 0.1) is 0 Å². The summed E-state index contributed by atoms with van der Waals surface area (Å²) in [6, 6.07) is 13.0. The van der Waals surface area contributed by atoms with Crippen LogP contribution in [0.1, 0.15) is 101 Å². The molecule has 0 bridgehead atoms. The Balaban J connectivity index is 0.000000300. The Morgan fingerprint density at radius 1 is 0.533 bits per heavy atom. The highest BCUT2D eigenvalue weighted by Crippen LogP contribution is 2.18. The number of rotatable bonds is 12. The van der Waals surface area contributed by atoms with E-state index < -0.39 is 0 Å². The van der Waals surface area contributed by atoms with Crippen LogP contribution >= 0.6 is 0 Å². The van der Waals surface area contributed by atoms with Crippen LogP contribution in [0.15, 0.2) is 36.4 Å². The van der Waals surface area contributed by atoms with Crippen LogP contribution in [0.3, 0.4) is 0 Å². The van der Waals surface area contributed by atoms with E-state index in [1.54, 1.807) is 0 Å². The van der Waals surface area contributed by atoms with Gasteiger partial charge in [-0.2, -0.15) is 0 Å². The van der Waals surface area contributed by atoms with Gasteiger partial charge in [0, 0.05) is 11.4 Å². The molecule has 0 amide bonds. The van der Waals surface area contributed by atoms with Crippen molar-refractivity contribution < 1.29 is 0 Å². The molecule has 0 aliphatic heterocycles. The Morgan fingerprint density at radius 2 is 1.07 bits per heavy atom. The molecule has 2 rings (SSSR count). The van der Waals surface area contributed by atoms with E-state index in [-0.39, 0.29) is 0 Å². The van der Waals surface area contributed by atoms with Gasteiger partial charge in [0.15, 0.2) is 0 Å². The van der Waals surface area contributed by atoms with Crippen LogP contribution < -0.4 is 11.5 Å². The molecule has 0 fully saturated rings. The molecule has 168 valence electrons. The molecule has 0 atom stereocenters. The summed E-state index contributed by atoms with van der Waals surface area (Å²) in [5.41, 5.74) is 19.3. The molecule has 2 nitrogen and oxygen atoms in total. The van der Waals surface area contributed by atoms with Gasteiger partial charge in [-0.15, -0.1) is 0 Å². The second-order valence-corrected chi connectivity index (χ2v) is 8.39. The predicted molar refractivity (Wildman–Crippen MR) is 136 cm³/mol. The van der Waals surface area contributed by atoms with E-state index in [9.17, 15) is 0 Å². The molecule has 0 radical (unpaired) electrons. The first-order valence-electron chi connectivity index (χ1n) is 12.3. The summed E-state index contributed by atoms with van der Waals surface area (Å²) in [7, 11) is 0. The zero-order valence-corrected chi connectivity index (χ0v) is 20.1. The van der Waals surface area contributed by atoms with Crippen molar-refractivity contribution in [3.63, 3.8) is 0 Å². The summed E-state index contributed by atoms with van der Waals surface area (Å²) in [5, 5.41) is 0. The van der Waals surface area contributed by atoms with Crippen LogP contribution in [0.2, 0.25) is 0 Å². The van der Waals surface area contributed by atoms with Crippen LogP contribution in [0.4, 0.5) is 11.4 Å². The van der Waals surface area contributed by atoms with Gasteiger partial charge in [0.25, 0.3) is 0 Å². The lowest BCUT2D eigenvalue weighted by Gasteiger charge is -2.07. The maximum atomic E-state index is 6.01. The van der Waals surface area contributed by atoms with Gasteiger partial charge in [-0.1, -0.05) is 90.5 Å². The fourth-order valence-electron chi connectivity index (χ4n) is 3.67. The van der Waals surface area contributed by atoms with E-state index in [0.29, 0.717) is 0 Å². The molecular weight excluding hydrogens is 364 g/mol. The van der Waals surface area contributed by atoms with E-state index in [4.69, 9.17) is 11.5 Å². The van der Waals surface area contributed by atoms with Crippen molar-refractivity contribution >= 4 is 11.4 Å². The first kappa shape index (κ1) is 26.1. The topological polar surface area (TPSA) is 52.0 Å². The number of benzene rings is 2. The Labute approximate surface area is 186 Å². The first-order chi connectivity index (χ1) is 14.5. The second-order valence-electron chi connectivity index (χ2n) is 8.39. The summed E-state index contributed by atoms with van der Waals surface area (Å²) in [4.78, 5) is 0. The Morgan fingerprint density at radius 3 is 1.60 bits per heavy atom. The van der Waals surface area contributed by atoms with Crippen molar-refractivity contribution in [3.05, 3.63) is 58.7 Å². The second kappa shape index (κ2) is 15.8. The lowest BCUT2D eigenvalue weighted by molar-refractivity contribution is 0.667. The van der Waals surface area contributed by atoms with Crippen LogP contribution in [-0.4, -0.2) is 0 Å². The highest BCUT2D eigenvalue weighted by atomic mass is 14.6. The molecule has 0 unspecified atom stereocenters. The van der Waals surface area contributed by atoms with Crippen LogP contribution in [-0.2, 0) is 25.7 Å². The molecule has 0 aliphatic rings. The fraction of sp³-hybridized carbons (Fsp3) is 0.571. The molecule has 0 aromatic heterocycles. The highest BCUT2D eigenvalue weighted by molar-refractivity contribution is 5.49. The standard InChI is InChI=1S/2C14H23N/c1-3-5-6-7-8-13-11-12(4-2)9-10-14(13)15;1-3-5-6-7-8-13-10-9-12(4-2)11-14(13)15/h2*9-11H,3-8,15H2,1-2H3. The normalized spacial score (nSPS) is 10.5. The minimum Gasteiger partial charge on any atom is -0.399 e. The van der Waals surface area contributed by atoms with Gasteiger partial charge in [0.1, 0.15) is 0 Å². The Hall–Kier alpha value is -1.96. The average Bonchev–Trinajstić information content (AvgIpc) is 2.76. The molecule has 0 saturated heterocycles. The smallest absolute Gasteiger partial charge is 0.0349 e. The molecule has 0 spiro atoms. The van der Waals surface area contributed by atoms with Gasteiger partial charge in [0.2, 0.25) is 0 Å². The van der Waals surface area contributed by atoms with E-state index in [2.05, 4.69) is 58.0 Å². The maximum absolute atomic E-state index is 6.01.